The Kier molecular flexibility index (Phi) is 6.03. The smallest absolute Gasteiger partial charge is 0.150 e. The second-order valence-corrected chi connectivity index (χ2v) is 2.16. The van der Waals surface area contributed by atoms with Gasteiger partial charge in [-0.1, -0.05) is 11.9 Å². The molecule has 1 unspecified atom stereocenters. The number of hydrogen-bond acceptors (Lipinski definition) is 4. The largest absolute Gasteiger partial charge is 0.373 e. The highest BCUT2D eigenvalue weighted by molar-refractivity contribution is 7.96. The van der Waals surface area contributed by atoms with Gasteiger partial charge in [0.25, 0.3) is 0 Å². The minimum Gasteiger partial charge on any atom is -0.373 e. The summed E-state index contributed by atoms with van der Waals surface area (Å²) in [6.07, 6.45) is 2.37. The fraction of sp³-hybridized carbons (Fsp3) is 0.800. The molecule has 54 valence electrons. The second-order valence-electron chi connectivity index (χ2n) is 1.46. The topological polar surface area (TPSA) is 38.3 Å². The molecule has 0 aromatic heterocycles. The molecule has 0 saturated carbocycles. The lowest BCUT2D eigenvalue weighted by molar-refractivity contribution is -0.115. The standard InChI is InChI=1S/C5H11NO2S/c1-8-5(4-7)3-6-9-2/h4-6H,3H2,1-2H3. The average Bonchev–Trinajstić information content (AvgIpc) is 1.91. The molecule has 1 atom stereocenters. The van der Waals surface area contributed by atoms with Crippen molar-refractivity contribution in [2.75, 3.05) is 19.9 Å². The van der Waals surface area contributed by atoms with E-state index >= 15 is 0 Å². The lowest BCUT2D eigenvalue weighted by Gasteiger charge is -2.06. The normalized spacial score (nSPS) is 13.1. The quantitative estimate of drug-likeness (QED) is 0.443. The third kappa shape index (κ3) is 4.44. The minimum absolute atomic E-state index is 0.308. The molecular weight excluding hydrogens is 138 g/mol. The predicted molar refractivity (Wildman–Crippen MR) is 38.4 cm³/mol. The zero-order chi connectivity index (χ0) is 7.11. The number of methoxy groups -OCH3 is 1. The van der Waals surface area contributed by atoms with Gasteiger partial charge < -0.3 is 9.53 Å². The van der Waals surface area contributed by atoms with Crippen LogP contribution in [0, 0.1) is 0 Å². The number of ether oxygens (including phenoxy) is 1. The van der Waals surface area contributed by atoms with Crippen LogP contribution in [0.3, 0.4) is 0 Å². The Bertz CT molecular complexity index is 79.4. The number of rotatable bonds is 5. The highest BCUT2D eigenvalue weighted by Gasteiger charge is 2.01. The highest BCUT2D eigenvalue weighted by atomic mass is 32.2. The Hall–Kier alpha value is -0.0600. The van der Waals surface area contributed by atoms with Gasteiger partial charge in [-0.25, -0.2) is 0 Å². The Balaban J connectivity index is 3.20. The summed E-state index contributed by atoms with van der Waals surface area (Å²) in [6.45, 7) is 0.571. The monoisotopic (exact) mass is 149 g/mol. The summed E-state index contributed by atoms with van der Waals surface area (Å²) in [5, 5.41) is 0. The molecular formula is C5H11NO2S. The van der Waals surface area contributed by atoms with E-state index in [2.05, 4.69) is 4.72 Å². The molecule has 0 saturated heterocycles. The Morgan fingerprint density at radius 2 is 2.56 bits per heavy atom. The molecule has 0 radical (unpaired) electrons. The number of carbonyl (C=O) groups is 1. The van der Waals surface area contributed by atoms with E-state index in [1.807, 2.05) is 6.26 Å². The van der Waals surface area contributed by atoms with Gasteiger partial charge in [0.15, 0.2) is 0 Å². The van der Waals surface area contributed by atoms with E-state index in [1.54, 1.807) is 0 Å². The molecule has 3 nitrogen and oxygen atoms in total. The van der Waals surface area contributed by atoms with Gasteiger partial charge in [0.05, 0.1) is 0 Å². The molecule has 4 heteroatoms. The summed E-state index contributed by atoms with van der Waals surface area (Å²) in [5.74, 6) is 0. The average molecular weight is 149 g/mol. The van der Waals surface area contributed by atoms with Crippen LogP contribution in [0.25, 0.3) is 0 Å². The SMILES string of the molecule is COC(C=O)CNSC. The van der Waals surface area contributed by atoms with Gasteiger partial charge in [-0.15, -0.1) is 0 Å². The third-order valence-corrected chi connectivity index (χ3v) is 1.34. The van der Waals surface area contributed by atoms with Crippen LogP contribution in [0.1, 0.15) is 0 Å². The van der Waals surface area contributed by atoms with Crippen molar-refractivity contribution in [3.63, 3.8) is 0 Å². The van der Waals surface area contributed by atoms with Gasteiger partial charge in [-0.2, -0.15) is 0 Å². The van der Waals surface area contributed by atoms with Crippen LogP contribution < -0.4 is 4.72 Å². The first-order chi connectivity index (χ1) is 4.35. The molecule has 0 aliphatic rings. The van der Waals surface area contributed by atoms with Crippen molar-refractivity contribution in [1.82, 2.24) is 4.72 Å². The van der Waals surface area contributed by atoms with Gasteiger partial charge in [0.1, 0.15) is 12.4 Å². The third-order valence-electron chi connectivity index (χ3n) is 0.883. The maximum Gasteiger partial charge on any atom is 0.150 e. The molecule has 0 bridgehead atoms. The number of aldehydes is 1. The fourth-order valence-corrected chi connectivity index (χ4v) is 0.683. The van der Waals surface area contributed by atoms with Crippen LogP contribution in [0.4, 0.5) is 0 Å². The van der Waals surface area contributed by atoms with E-state index in [-0.39, 0.29) is 6.10 Å². The molecule has 1 N–H and O–H groups in total. The van der Waals surface area contributed by atoms with Crippen LogP contribution in [0.15, 0.2) is 0 Å². The van der Waals surface area contributed by atoms with Crippen LogP contribution in [0.5, 0.6) is 0 Å². The van der Waals surface area contributed by atoms with E-state index in [1.165, 1.54) is 19.1 Å². The van der Waals surface area contributed by atoms with Crippen molar-refractivity contribution in [2.24, 2.45) is 0 Å². The van der Waals surface area contributed by atoms with Gasteiger partial charge in [-0.3, -0.25) is 4.72 Å². The van der Waals surface area contributed by atoms with Crippen molar-refractivity contribution in [3.05, 3.63) is 0 Å². The predicted octanol–water partition coefficient (Wildman–Crippen LogP) is 0.0679. The summed E-state index contributed by atoms with van der Waals surface area (Å²) in [5.41, 5.74) is 0. The van der Waals surface area contributed by atoms with Crippen molar-refractivity contribution < 1.29 is 9.53 Å². The van der Waals surface area contributed by atoms with Gasteiger partial charge in [-0.05, 0) is 6.26 Å². The van der Waals surface area contributed by atoms with E-state index in [0.717, 1.165) is 6.29 Å². The van der Waals surface area contributed by atoms with Crippen LogP contribution >= 0.6 is 11.9 Å². The van der Waals surface area contributed by atoms with E-state index in [4.69, 9.17) is 4.74 Å². The van der Waals surface area contributed by atoms with Crippen molar-refractivity contribution >= 4 is 18.2 Å². The number of carbonyl (C=O) groups excluding carboxylic acids is 1. The van der Waals surface area contributed by atoms with E-state index in [0.29, 0.717) is 6.54 Å². The number of hydrogen-bond donors (Lipinski definition) is 1. The van der Waals surface area contributed by atoms with Gasteiger partial charge >= 0.3 is 0 Å². The number of nitrogens with one attached hydrogen (secondary N) is 1. The molecule has 0 amide bonds. The van der Waals surface area contributed by atoms with Crippen molar-refractivity contribution in [2.45, 2.75) is 6.10 Å². The summed E-state index contributed by atoms with van der Waals surface area (Å²) < 4.78 is 7.67. The fourth-order valence-electron chi connectivity index (χ4n) is 0.352. The summed E-state index contributed by atoms with van der Waals surface area (Å²) >= 11 is 1.47. The molecule has 9 heavy (non-hydrogen) atoms. The lowest BCUT2D eigenvalue weighted by Crippen LogP contribution is -2.24. The molecule has 0 aliphatic carbocycles. The first-order valence-corrected chi connectivity index (χ1v) is 3.81. The summed E-state index contributed by atoms with van der Waals surface area (Å²) in [7, 11) is 1.51. The highest BCUT2D eigenvalue weighted by Crippen LogP contribution is 1.86. The molecule has 0 aliphatic heterocycles. The van der Waals surface area contributed by atoms with Crippen molar-refractivity contribution in [3.8, 4) is 0 Å². The minimum atomic E-state index is -0.308. The molecule has 0 fully saturated rings. The Morgan fingerprint density at radius 3 is 2.89 bits per heavy atom. The van der Waals surface area contributed by atoms with E-state index in [9.17, 15) is 4.79 Å². The molecule has 0 rings (SSSR count). The maximum absolute atomic E-state index is 10.1. The maximum atomic E-state index is 10.1. The molecule has 0 spiro atoms. The Morgan fingerprint density at radius 1 is 1.89 bits per heavy atom. The van der Waals surface area contributed by atoms with Crippen LogP contribution in [-0.4, -0.2) is 32.3 Å². The summed E-state index contributed by atoms with van der Waals surface area (Å²) in [6, 6.07) is 0. The van der Waals surface area contributed by atoms with Gasteiger partial charge in [0, 0.05) is 13.7 Å². The van der Waals surface area contributed by atoms with Crippen LogP contribution in [0.2, 0.25) is 0 Å². The van der Waals surface area contributed by atoms with Crippen molar-refractivity contribution in [1.29, 1.82) is 0 Å². The zero-order valence-electron chi connectivity index (χ0n) is 5.59. The second kappa shape index (κ2) is 6.07. The first kappa shape index (κ1) is 8.94. The van der Waals surface area contributed by atoms with Gasteiger partial charge in [0.2, 0.25) is 0 Å². The first-order valence-electron chi connectivity index (χ1n) is 2.59. The zero-order valence-corrected chi connectivity index (χ0v) is 6.40. The lowest BCUT2D eigenvalue weighted by atomic mass is 10.4. The summed E-state index contributed by atoms with van der Waals surface area (Å²) in [4.78, 5) is 10.1. The van der Waals surface area contributed by atoms with E-state index < -0.39 is 0 Å². The Labute approximate surface area is 59.3 Å². The van der Waals surface area contributed by atoms with Crippen LogP contribution in [-0.2, 0) is 9.53 Å². The molecule has 0 aromatic carbocycles. The molecule has 0 aromatic rings. The molecule has 0 heterocycles.